The standard InChI is InChI=1S/C9H8ClNOS/c1-5-9(12)13-7-4-2-3-6(10)8(7)11-5/h2-5,11H,1H3. The highest BCUT2D eigenvalue weighted by Crippen LogP contribution is 2.38. The van der Waals surface area contributed by atoms with E-state index >= 15 is 0 Å². The van der Waals surface area contributed by atoms with Gasteiger partial charge in [0.2, 0.25) is 5.12 Å². The molecule has 13 heavy (non-hydrogen) atoms. The number of nitrogens with one attached hydrogen (secondary N) is 1. The number of rotatable bonds is 0. The monoisotopic (exact) mass is 213 g/mol. The molecular weight excluding hydrogens is 206 g/mol. The molecule has 0 radical (unpaired) electrons. The molecule has 68 valence electrons. The normalized spacial score (nSPS) is 20.8. The minimum Gasteiger partial charge on any atom is -0.373 e. The molecule has 0 saturated heterocycles. The van der Waals surface area contributed by atoms with Crippen molar-refractivity contribution in [2.75, 3.05) is 5.32 Å². The highest BCUT2D eigenvalue weighted by molar-refractivity contribution is 8.14. The summed E-state index contributed by atoms with van der Waals surface area (Å²) in [6, 6.07) is 5.40. The molecule has 0 bridgehead atoms. The molecule has 2 nitrogen and oxygen atoms in total. The summed E-state index contributed by atoms with van der Waals surface area (Å²) >= 11 is 7.22. The first kappa shape index (κ1) is 8.91. The van der Waals surface area contributed by atoms with Crippen molar-refractivity contribution in [2.45, 2.75) is 17.9 Å². The van der Waals surface area contributed by atoms with E-state index in [9.17, 15) is 4.79 Å². The fraction of sp³-hybridized carbons (Fsp3) is 0.222. The summed E-state index contributed by atoms with van der Waals surface area (Å²) < 4.78 is 0. The second-order valence-electron chi connectivity index (χ2n) is 2.90. The van der Waals surface area contributed by atoms with Crippen LogP contribution in [-0.4, -0.2) is 11.2 Å². The van der Waals surface area contributed by atoms with Crippen molar-refractivity contribution in [2.24, 2.45) is 0 Å². The molecule has 0 amide bonds. The Hall–Kier alpha value is -0.670. The second kappa shape index (κ2) is 3.24. The Bertz CT molecular complexity index is 367. The van der Waals surface area contributed by atoms with Crippen LogP contribution in [0.2, 0.25) is 5.02 Å². The van der Waals surface area contributed by atoms with Crippen molar-refractivity contribution in [1.29, 1.82) is 0 Å². The molecule has 1 aromatic carbocycles. The molecule has 4 heteroatoms. The molecule has 1 atom stereocenters. The molecule has 0 saturated carbocycles. The Labute approximate surface area is 85.7 Å². The van der Waals surface area contributed by atoms with E-state index in [1.54, 1.807) is 0 Å². The van der Waals surface area contributed by atoms with E-state index < -0.39 is 0 Å². The maximum atomic E-state index is 11.3. The molecule has 0 aromatic heterocycles. The van der Waals surface area contributed by atoms with E-state index in [-0.39, 0.29) is 11.2 Å². The van der Waals surface area contributed by atoms with Gasteiger partial charge < -0.3 is 5.32 Å². The fourth-order valence-electron chi connectivity index (χ4n) is 1.20. The van der Waals surface area contributed by atoms with Gasteiger partial charge in [0.25, 0.3) is 0 Å². The van der Waals surface area contributed by atoms with Crippen molar-refractivity contribution in [3.05, 3.63) is 23.2 Å². The summed E-state index contributed by atoms with van der Waals surface area (Å²) in [4.78, 5) is 12.2. The van der Waals surface area contributed by atoms with Crippen molar-refractivity contribution in [3.63, 3.8) is 0 Å². The van der Waals surface area contributed by atoms with Crippen LogP contribution >= 0.6 is 23.4 Å². The zero-order chi connectivity index (χ0) is 9.42. The maximum absolute atomic E-state index is 11.3. The van der Waals surface area contributed by atoms with Gasteiger partial charge in [0.05, 0.1) is 16.8 Å². The van der Waals surface area contributed by atoms with Crippen LogP contribution in [0, 0.1) is 0 Å². The molecule has 1 aliphatic rings. The van der Waals surface area contributed by atoms with Gasteiger partial charge in [0, 0.05) is 4.90 Å². The zero-order valence-corrected chi connectivity index (χ0v) is 8.58. The summed E-state index contributed by atoms with van der Waals surface area (Å²) in [6.45, 7) is 1.83. The highest BCUT2D eigenvalue weighted by Gasteiger charge is 2.23. The number of thioether (sulfide) groups is 1. The topological polar surface area (TPSA) is 29.1 Å². The third-order valence-electron chi connectivity index (χ3n) is 1.90. The van der Waals surface area contributed by atoms with Gasteiger partial charge in [-0.05, 0) is 30.8 Å². The number of carbonyl (C=O) groups excluding carboxylic acids is 1. The van der Waals surface area contributed by atoms with Gasteiger partial charge in [0.1, 0.15) is 0 Å². The quantitative estimate of drug-likeness (QED) is 0.719. The lowest BCUT2D eigenvalue weighted by Gasteiger charge is -2.22. The predicted molar refractivity (Wildman–Crippen MR) is 55.4 cm³/mol. The Morgan fingerprint density at radius 3 is 3.08 bits per heavy atom. The summed E-state index contributed by atoms with van der Waals surface area (Å²) in [5, 5.41) is 3.88. The number of benzene rings is 1. The molecular formula is C9H8ClNOS. The smallest absolute Gasteiger partial charge is 0.215 e. The van der Waals surface area contributed by atoms with Crippen molar-refractivity contribution in [1.82, 2.24) is 0 Å². The Balaban J connectivity index is 2.48. The van der Waals surface area contributed by atoms with Crippen LogP contribution in [0.3, 0.4) is 0 Å². The summed E-state index contributed by atoms with van der Waals surface area (Å²) in [6.07, 6.45) is 0. The average molecular weight is 214 g/mol. The molecule has 1 aliphatic heterocycles. The maximum Gasteiger partial charge on any atom is 0.215 e. The molecule has 1 aromatic rings. The van der Waals surface area contributed by atoms with Gasteiger partial charge in [-0.15, -0.1) is 0 Å². The minimum absolute atomic E-state index is 0.134. The van der Waals surface area contributed by atoms with Crippen LogP contribution in [-0.2, 0) is 4.79 Å². The van der Waals surface area contributed by atoms with Crippen LogP contribution in [0.15, 0.2) is 23.1 Å². The summed E-state index contributed by atoms with van der Waals surface area (Å²) in [5.74, 6) is 0. The number of hydrogen-bond donors (Lipinski definition) is 1. The minimum atomic E-state index is -0.155. The number of anilines is 1. The van der Waals surface area contributed by atoms with Crippen LogP contribution in [0.25, 0.3) is 0 Å². The lowest BCUT2D eigenvalue weighted by Crippen LogP contribution is -2.27. The Kier molecular flexibility index (Phi) is 2.22. The average Bonchev–Trinajstić information content (AvgIpc) is 2.09. The van der Waals surface area contributed by atoms with Crippen LogP contribution in [0.4, 0.5) is 5.69 Å². The summed E-state index contributed by atoms with van der Waals surface area (Å²) in [5.41, 5.74) is 0.876. The molecule has 0 aliphatic carbocycles. The van der Waals surface area contributed by atoms with Crippen LogP contribution in [0.5, 0.6) is 0 Å². The van der Waals surface area contributed by atoms with E-state index in [0.717, 1.165) is 10.6 Å². The number of carbonyl (C=O) groups is 1. The first-order valence-electron chi connectivity index (χ1n) is 3.95. The lowest BCUT2D eigenvalue weighted by atomic mass is 10.2. The van der Waals surface area contributed by atoms with Gasteiger partial charge in [-0.3, -0.25) is 4.79 Å². The molecule has 1 unspecified atom stereocenters. The second-order valence-corrected chi connectivity index (χ2v) is 4.35. The van der Waals surface area contributed by atoms with E-state index in [1.165, 1.54) is 11.8 Å². The number of halogens is 1. The van der Waals surface area contributed by atoms with E-state index in [2.05, 4.69) is 5.32 Å². The van der Waals surface area contributed by atoms with Crippen molar-refractivity contribution in [3.8, 4) is 0 Å². The Morgan fingerprint density at radius 2 is 2.31 bits per heavy atom. The highest BCUT2D eigenvalue weighted by atomic mass is 35.5. The molecule has 0 fully saturated rings. The van der Waals surface area contributed by atoms with E-state index in [0.29, 0.717) is 5.02 Å². The van der Waals surface area contributed by atoms with Crippen molar-refractivity contribution >= 4 is 34.2 Å². The fourth-order valence-corrected chi connectivity index (χ4v) is 2.36. The van der Waals surface area contributed by atoms with E-state index in [4.69, 9.17) is 11.6 Å². The first-order chi connectivity index (χ1) is 6.18. The molecule has 1 heterocycles. The number of hydrogen-bond acceptors (Lipinski definition) is 3. The van der Waals surface area contributed by atoms with Crippen molar-refractivity contribution < 1.29 is 4.79 Å². The molecule has 0 spiro atoms. The predicted octanol–water partition coefficient (Wildman–Crippen LogP) is 2.77. The number of para-hydroxylation sites is 1. The number of fused-ring (bicyclic) bond motifs is 1. The molecule has 1 N–H and O–H groups in total. The largest absolute Gasteiger partial charge is 0.373 e. The van der Waals surface area contributed by atoms with Gasteiger partial charge in [-0.25, -0.2) is 0 Å². The Morgan fingerprint density at radius 1 is 1.54 bits per heavy atom. The first-order valence-corrected chi connectivity index (χ1v) is 5.14. The zero-order valence-electron chi connectivity index (χ0n) is 7.00. The van der Waals surface area contributed by atoms with E-state index in [1.807, 2.05) is 25.1 Å². The van der Waals surface area contributed by atoms with Gasteiger partial charge in [0.15, 0.2) is 0 Å². The summed E-state index contributed by atoms with van der Waals surface area (Å²) in [7, 11) is 0. The SMILES string of the molecule is CC1Nc2c(Cl)cccc2SC1=O. The van der Waals surface area contributed by atoms with Gasteiger partial charge in [-0.2, -0.15) is 0 Å². The third-order valence-corrected chi connectivity index (χ3v) is 3.33. The van der Waals surface area contributed by atoms with Crippen LogP contribution < -0.4 is 5.32 Å². The lowest BCUT2D eigenvalue weighted by molar-refractivity contribution is -0.111. The third kappa shape index (κ3) is 1.54. The van der Waals surface area contributed by atoms with Gasteiger partial charge >= 0.3 is 0 Å². The molecule has 2 rings (SSSR count). The van der Waals surface area contributed by atoms with Gasteiger partial charge in [-0.1, -0.05) is 17.7 Å². The van der Waals surface area contributed by atoms with Crippen LogP contribution in [0.1, 0.15) is 6.92 Å².